The van der Waals surface area contributed by atoms with E-state index < -0.39 is 10.8 Å². The molecular formula is C16H15NOS. The molecule has 1 unspecified atom stereocenters. The van der Waals surface area contributed by atoms with Gasteiger partial charge >= 0.3 is 0 Å². The maximum absolute atomic E-state index is 12.3. The summed E-state index contributed by atoms with van der Waals surface area (Å²) in [7, 11) is -1.07. The minimum Gasteiger partial charge on any atom is -0.254 e. The molecule has 19 heavy (non-hydrogen) atoms. The van der Waals surface area contributed by atoms with Crippen LogP contribution in [-0.4, -0.2) is 4.21 Å². The fourth-order valence-electron chi connectivity index (χ4n) is 1.82. The molecule has 96 valence electrons. The summed E-state index contributed by atoms with van der Waals surface area (Å²) in [5, 5.41) is 8.85. The average Bonchev–Trinajstić information content (AvgIpc) is 2.42. The second kappa shape index (κ2) is 5.81. The van der Waals surface area contributed by atoms with Crippen molar-refractivity contribution in [1.29, 1.82) is 5.26 Å². The van der Waals surface area contributed by atoms with Crippen LogP contribution < -0.4 is 0 Å². The van der Waals surface area contributed by atoms with Crippen molar-refractivity contribution in [2.45, 2.75) is 24.5 Å². The zero-order valence-electron chi connectivity index (χ0n) is 11.0. The lowest BCUT2D eigenvalue weighted by Crippen LogP contribution is -1.98. The number of aryl methyl sites for hydroxylation is 2. The first kappa shape index (κ1) is 13.5. The first-order valence-electron chi connectivity index (χ1n) is 6.05. The lowest BCUT2D eigenvalue weighted by Gasteiger charge is -2.06. The van der Waals surface area contributed by atoms with Gasteiger partial charge in [-0.2, -0.15) is 5.26 Å². The lowest BCUT2D eigenvalue weighted by molar-refractivity contribution is 0.682. The molecule has 0 spiro atoms. The molecule has 1 atom stereocenters. The van der Waals surface area contributed by atoms with Crippen molar-refractivity contribution < 1.29 is 4.21 Å². The highest BCUT2D eigenvalue weighted by molar-refractivity contribution is 7.84. The molecule has 0 fully saturated rings. The van der Waals surface area contributed by atoms with E-state index in [1.165, 1.54) is 5.56 Å². The van der Waals surface area contributed by atoms with Crippen molar-refractivity contribution in [3.8, 4) is 6.07 Å². The van der Waals surface area contributed by atoms with Crippen LogP contribution in [0.25, 0.3) is 0 Å². The molecule has 0 saturated heterocycles. The van der Waals surface area contributed by atoms with Crippen LogP contribution in [0, 0.1) is 25.2 Å². The monoisotopic (exact) mass is 269 g/mol. The van der Waals surface area contributed by atoms with E-state index in [2.05, 4.69) is 6.07 Å². The minimum atomic E-state index is -1.07. The van der Waals surface area contributed by atoms with Crippen LogP contribution in [0.3, 0.4) is 0 Å². The Bertz CT molecular complexity index is 671. The third-order valence-electron chi connectivity index (χ3n) is 3.10. The maximum Gasteiger partial charge on any atom is 0.0991 e. The number of nitrogens with zero attached hydrogens (tertiary/aromatic N) is 1. The number of nitriles is 1. The Kier molecular flexibility index (Phi) is 4.13. The average molecular weight is 269 g/mol. The van der Waals surface area contributed by atoms with Crippen LogP contribution in [0.5, 0.6) is 0 Å². The highest BCUT2D eigenvalue weighted by Crippen LogP contribution is 2.17. The van der Waals surface area contributed by atoms with E-state index in [0.29, 0.717) is 11.3 Å². The van der Waals surface area contributed by atoms with Gasteiger partial charge in [0.15, 0.2) is 0 Å². The van der Waals surface area contributed by atoms with Crippen LogP contribution in [0.1, 0.15) is 22.3 Å². The van der Waals surface area contributed by atoms with Gasteiger partial charge in [0.25, 0.3) is 0 Å². The molecule has 2 aromatic carbocycles. The summed E-state index contributed by atoms with van der Waals surface area (Å²) in [6.45, 7) is 4.06. The van der Waals surface area contributed by atoms with Gasteiger partial charge in [0.1, 0.15) is 0 Å². The van der Waals surface area contributed by atoms with E-state index >= 15 is 0 Å². The van der Waals surface area contributed by atoms with Crippen molar-refractivity contribution in [3.63, 3.8) is 0 Å². The van der Waals surface area contributed by atoms with Crippen molar-refractivity contribution >= 4 is 10.8 Å². The minimum absolute atomic E-state index is 0.442. The van der Waals surface area contributed by atoms with Crippen molar-refractivity contribution in [3.05, 3.63) is 64.7 Å². The summed E-state index contributed by atoms with van der Waals surface area (Å²) in [6.07, 6.45) is 0. The van der Waals surface area contributed by atoms with Gasteiger partial charge in [-0.1, -0.05) is 18.2 Å². The van der Waals surface area contributed by atoms with Crippen LogP contribution in [-0.2, 0) is 16.6 Å². The number of hydrogen-bond donors (Lipinski definition) is 0. The molecule has 0 N–H and O–H groups in total. The van der Waals surface area contributed by atoms with Gasteiger partial charge in [-0.25, -0.2) is 0 Å². The summed E-state index contributed by atoms with van der Waals surface area (Å²) in [4.78, 5) is 0.838. The smallest absolute Gasteiger partial charge is 0.0991 e. The van der Waals surface area contributed by atoms with Gasteiger partial charge in [0.05, 0.1) is 28.2 Å². The van der Waals surface area contributed by atoms with Gasteiger partial charge in [-0.3, -0.25) is 4.21 Å². The summed E-state index contributed by atoms with van der Waals surface area (Å²) in [6, 6.07) is 15.2. The molecule has 2 aromatic rings. The quantitative estimate of drug-likeness (QED) is 0.856. The van der Waals surface area contributed by atoms with E-state index in [1.807, 2.05) is 44.2 Å². The molecule has 0 aromatic heterocycles. The van der Waals surface area contributed by atoms with Gasteiger partial charge in [-0.05, 0) is 54.8 Å². The van der Waals surface area contributed by atoms with Crippen LogP contribution in [0.15, 0.2) is 47.4 Å². The molecule has 2 rings (SSSR count). The predicted molar refractivity (Wildman–Crippen MR) is 77.2 cm³/mol. The molecule has 2 nitrogen and oxygen atoms in total. The SMILES string of the molecule is Cc1ccc(S(=O)Cc2cccc(C#N)c2)cc1C. The largest absolute Gasteiger partial charge is 0.254 e. The van der Waals surface area contributed by atoms with E-state index in [1.54, 1.807) is 12.1 Å². The molecule has 0 amide bonds. The number of benzene rings is 2. The molecule has 0 aliphatic carbocycles. The van der Waals surface area contributed by atoms with E-state index in [-0.39, 0.29) is 0 Å². The maximum atomic E-state index is 12.3. The molecule has 0 aliphatic rings. The molecule has 3 heteroatoms. The molecule has 0 bridgehead atoms. The second-order valence-electron chi connectivity index (χ2n) is 4.55. The molecule has 0 aliphatic heterocycles. The van der Waals surface area contributed by atoms with Crippen molar-refractivity contribution in [1.82, 2.24) is 0 Å². The van der Waals surface area contributed by atoms with Crippen molar-refractivity contribution in [2.24, 2.45) is 0 Å². The van der Waals surface area contributed by atoms with Crippen LogP contribution in [0.2, 0.25) is 0 Å². The Morgan fingerprint density at radius 3 is 2.58 bits per heavy atom. The Hall–Kier alpha value is -1.92. The Labute approximate surface area is 116 Å². The predicted octanol–water partition coefficient (Wildman–Crippen LogP) is 3.48. The summed E-state index contributed by atoms with van der Waals surface area (Å²) in [5.74, 6) is 0.442. The fourth-order valence-corrected chi connectivity index (χ4v) is 3.00. The summed E-state index contributed by atoms with van der Waals surface area (Å²) in [5.41, 5.74) is 3.88. The number of rotatable bonds is 3. The van der Waals surface area contributed by atoms with Gasteiger partial charge in [0, 0.05) is 4.90 Å². The first-order valence-corrected chi connectivity index (χ1v) is 7.36. The zero-order chi connectivity index (χ0) is 13.8. The Morgan fingerprint density at radius 2 is 1.89 bits per heavy atom. The Morgan fingerprint density at radius 1 is 1.11 bits per heavy atom. The standard InChI is InChI=1S/C16H15NOS/c1-12-6-7-16(8-13(12)2)19(18)11-15-5-3-4-14(9-15)10-17/h3-9H,11H2,1-2H3. The fraction of sp³-hybridized carbons (Fsp3) is 0.188. The van der Waals surface area contributed by atoms with Gasteiger partial charge in [-0.15, -0.1) is 0 Å². The lowest BCUT2D eigenvalue weighted by atomic mass is 10.1. The highest BCUT2D eigenvalue weighted by Gasteiger charge is 2.07. The second-order valence-corrected chi connectivity index (χ2v) is 6.00. The zero-order valence-corrected chi connectivity index (χ0v) is 11.8. The molecule has 0 radical (unpaired) electrons. The third kappa shape index (κ3) is 3.30. The van der Waals surface area contributed by atoms with Crippen LogP contribution in [0.4, 0.5) is 0 Å². The molecular weight excluding hydrogens is 254 g/mol. The first-order chi connectivity index (χ1) is 9.10. The topological polar surface area (TPSA) is 40.9 Å². The number of hydrogen-bond acceptors (Lipinski definition) is 2. The normalized spacial score (nSPS) is 11.8. The van der Waals surface area contributed by atoms with E-state index in [0.717, 1.165) is 16.0 Å². The van der Waals surface area contributed by atoms with Gasteiger partial charge in [0.2, 0.25) is 0 Å². The van der Waals surface area contributed by atoms with Crippen LogP contribution >= 0.6 is 0 Å². The van der Waals surface area contributed by atoms with Gasteiger partial charge < -0.3 is 0 Å². The highest BCUT2D eigenvalue weighted by atomic mass is 32.2. The summed E-state index contributed by atoms with van der Waals surface area (Å²) >= 11 is 0. The summed E-state index contributed by atoms with van der Waals surface area (Å²) < 4.78 is 12.3. The molecule has 0 heterocycles. The third-order valence-corrected chi connectivity index (χ3v) is 4.47. The van der Waals surface area contributed by atoms with E-state index in [4.69, 9.17) is 5.26 Å². The Balaban J connectivity index is 2.21. The molecule has 0 saturated carbocycles. The van der Waals surface area contributed by atoms with E-state index in [9.17, 15) is 4.21 Å². The van der Waals surface area contributed by atoms with Crippen molar-refractivity contribution in [2.75, 3.05) is 0 Å².